The van der Waals surface area contributed by atoms with Gasteiger partial charge in [-0.2, -0.15) is 5.10 Å². The lowest BCUT2D eigenvalue weighted by atomic mass is 9.92. The number of sulfonamides is 1. The van der Waals surface area contributed by atoms with Crippen molar-refractivity contribution < 1.29 is 12.8 Å². The first-order valence-corrected chi connectivity index (χ1v) is 14.3. The summed E-state index contributed by atoms with van der Waals surface area (Å²) in [5, 5.41) is 9.13. The number of aryl methyl sites for hydroxylation is 1. The number of nitrogens with one attached hydrogen (secondary N) is 2. The molecule has 5 rings (SSSR count). The maximum absolute atomic E-state index is 15.5. The summed E-state index contributed by atoms with van der Waals surface area (Å²) in [5.41, 5.74) is 1.86. The summed E-state index contributed by atoms with van der Waals surface area (Å²) in [4.78, 5) is 15.4. The molecule has 0 spiro atoms. The van der Waals surface area contributed by atoms with Crippen LogP contribution < -0.4 is 14.9 Å². The molecule has 4 heterocycles. The van der Waals surface area contributed by atoms with Crippen LogP contribution in [0.3, 0.4) is 0 Å². The molecule has 3 aromatic heterocycles. The van der Waals surface area contributed by atoms with Crippen LogP contribution in [0.5, 0.6) is 0 Å². The van der Waals surface area contributed by atoms with Gasteiger partial charge in [0, 0.05) is 49.3 Å². The average Bonchev–Trinajstić information content (AvgIpc) is 3.17. The van der Waals surface area contributed by atoms with Gasteiger partial charge in [-0.25, -0.2) is 32.5 Å². The van der Waals surface area contributed by atoms with Gasteiger partial charge in [0.2, 0.25) is 10.0 Å². The predicted molar refractivity (Wildman–Crippen MR) is 147 cm³/mol. The Morgan fingerprint density at radius 2 is 1.95 bits per heavy atom. The Hall–Kier alpha value is -3.35. The molecule has 13 heteroatoms. The van der Waals surface area contributed by atoms with Crippen LogP contribution in [-0.2, 0) is 17.1 Å². The molecule has 0 saturated carbocycles. The average molecular weight is 559 g/mol. The van der Waals surface area contributed by atoms with E-state index >= 15 is 4.39 Å². The number of fused-ring (bicyclic) bond motifs is 1. The summed E-state index contributed by atoms with van der Waals surface area (Å²) in [6, 6.07) is 4.65. The molecular formula is C25H28ClFN8O2S. The van der Waals surface area contributed by atoms with Gasteiger partial charge >= 0.3 is 0 Å². The van der Waals surface area contributed by atoms with E-state index in [-0.39, 0.29) is 23.8 Å². The maximum atomic E-state index is 15.5. The van der Waals surface area contributed by atoms with E-state index in [1.54, 1.807) is 36.4 Å². The van der Waals surface area contributed by atoms with Crippen molar-refractivity contribution in [1.29, 1.82) is 0 Å². The Bertz CT molecular complexity index is 1640. The molecule has 0 unspecified atom stereocenters. The standard InChI is InChI=1S/C25H28ClFN8O2S/c1-13(2)23-15-8-22(30-21-6-7-28-25(31-21)17-11-34(4)32-24(17)26)29-10-16(15)20(9-18(23)27)35-12-19(14(35)3)33-38(5,36)37/h6-11,13-14,19,33H,12H2,1-5H3,(H,28,29,30,31)/t14-,19+/m1/s1. The SMILES string of the molecule is CC(C)c1c(F)cc(N2C[C@H](NS(C)(=O)=O)[C@H]2C)c2cnc(Nc3ccnc(-c4cn(C)nc4Cl)n3)cc12. The van der Waals surface area contributed by atoms with Gasteiger partial charge in [-0.15, -0.1) is 0 Å². The molecule has 1 saturated heterocycles. The molecule has 1 fully saturated rings. The molecule has 1 aromatic carbocycles. The van der Waals surface area contributed by atoms with Gasteiger partial charge in [0.15, 0.2) is 11.0 Å². The number of hydrogen-bond donors (Lipinski definition) is 2. The van der Waals surface area contributed by atoms with Gasteiger partial charge in [0.1, 0.15) is 17.5 Å². The molecule has 0 aliphatic carbocycles. The van der Waals surface area contributed by atoms with E-state index in [0.717, 1.165) is 17.0 Å². The van der Waals surface area contributed by atoms with E-state index in [9.17, 15) is 8.42 Å². The predicted octanol–water partition coefficient (Wildman–Crippen LogP) is 4.21. The summed E-state index contributed by atoms with van der Waals surface area (Å²) >= 11 is 6.21. The van der Waals surface area contributed by atoms with Crippen LogP contribution in [0.1, 0.15) is 32.3 Å². The summed E-state index contributed by atoms with van der Waals surface area (Å²) < 4.78 is 43.1. The van der Waals surface area contributed by atoms with Crippen LogP contribution >= 0.6 is 11.6 Å². The highest BCUT2D eigenvalue weighted by Gasteiger charge is 2.38. The largest absolute Gasteiger partial charge is 0.365 e. The van der Waals surface area contributed by atoms with Crippen molar-refractivity contribution in [3.8, 4) is 11.4 Å². The first-order valence-electron chi connectivity index (χ1n) is 12.1. The van der Waals surface area contributed by atoms with Crippen molar-refractivity contribution in [1.82, 2.24) is 29.5 Å². The lowest BCUT2D eigenvalue weighted by molar-refractivity contribution is 0.376. The first-order chi connectivity index (χ1) is 17.9. The van der Waals surface area contributed by atoms with Crippen LogP contribution in [0, 0.1) is 5.82 Å². The number of halogens is 2. The van der Waals surface area contributed by atoms with Crippen molar-refractivity contribution >= 4 is 49.7 Å². The lowest BCUT2D eigenvalue weighted by Gasteiger charge is -2.48. The third-order valence-corrected chi connectivity index (χ3v) is 7.66. The second-order valence-electron chi connectivity index (χ2n) is 9.85. The third kappa shape index (κ3) is 5.03. The van der Waals surface area contributed by atoms with Gasteiger partial charge in [0.25, 0.3) is 0 Å². The normalized spacial score (nSPS) is 17.7. The van der Waals surface area contributed by atoms with Crippen LogP contribution in [-0.4, -0.2) is 58.0 Å². The molecule has 2 N–H and O–H groups in total. The number of aromatic nitrogens is 5. The van der Waals surface area contributed by atoms with Crippen molar-refractivity contribution in [3.63, 3.8) is 0 Å². The van der Waals surface area contributed by atoms with Crippen LogP contribution in [0.2, 0.25) is 5.15 Å². The fourth-order valence-electron chi connectivity index (χ4n) is 4.82. The minimum Gasteiger partial charge on any atom is -0.365 e. The van der Waals surface area contributed by atoms with E-state index < -0.39 is 10.0 Å². The van der Waals surface area contributed by atoms with Crippen molar-refractivity contribution in [2.45, 2.75) is 38.8 Å². The van der Waals surface area contributed by atoms with Gasteiger partial charge in [-0.1, -0.05) is 25.4 Å². The summed E-state index contributed by atoms with van der Waals surface area (Å²) in [7, 11) is -1.58. The van der Waals surface area contributed by atoms with Gasteiger partial charge in [-0.05, 0) is 42.0 Å². The molecule has 4 aromatic rings. The van der Waals surface area contributed by atoms with Crippen LogP contribution in [0.15, 0.2) is 36.8 Å². The van der Waals surface area contributed by atoms with Gasteiger partial charge in [0.05, 0.1) is 17.9 Å². The Morgan fingerprint density at radius 1 is 1.18 bits per heavy atom. The highest BCUT2D eigenvalue weighted by atomic mass is 35.5. The van der Waals surface area contributed by atoms with E-state index in [4.69, 9.17) is 11.6 Å². The molecular weight excluding hydrogens is 531 g/mol. The number of hydrogen-bond acceptors (Lipinski definition) is 8. The molecule has 0 bridgehead atoms. The lowest BCUT2D eigenvalue weighted by Crippen LogP contribution is -2.65. The topological polar surface area (TPSA) is 118 Å². The maximum Gasteiger partial charge on any atom is 0.209 e. The summed E-state index contributed by atoms with van der Waals surface area (Å²) in [5.74, 6) is 1.01. The van der Waals surface area contributed by atoms with Crippen LogP contribution in [0.4, 0.5) is 21.7 Å². The van der Waals surface area contributed by atoms with E-state index in [1.807, 2.05) is 31.7 Å². The monoisotopic (exact) mass is 558 g/mol. The molecule has 1 aliphatic rings. The second-order valence-corrected chi connectivity index (χ2v) is 12.0. The molecule has 1 aliphatic heterocycles. The molecule has 0 amide bonds. The Kier molecular flexibility index (Phi) is 6.74. The molecule has 10 nitrogen and oxygen atoms in total. The Balaban J connectivity index is 1.50. The second kappa shape index (κ2) is 9.75. The number of benzene rings is 1. The highest BCUT2D eigenvalue weighted by Crippen LogP contribution is 2.39. The number of nitrogens with zero attached hydrogens (tertiary/aromatic N) is 6. The van der Waals surface area contributed by atoms with E-state index in [2.05, 4.69) is 30.1 Å². The smallest absolute Gasteiger partial charge is 0.209 e. The Labute approximate surface area is 225 Å². The molecule has 200 valence electrons. The van der Waals surface area contributed by atoms with Crippen molar-refractivity contribution in [3.05, 3.63) is 53.3 Å². The molecule has 38 heavy (non-hydrogen) atoms. The highest BCUT2D eigenvalue weighted by molar-refractivity contribution is 7.88. The number of rotatable bonds is 7. The van der Waals surface area contributed by atoms with Crippen LogP contribution in [0.25, 0.3) is 22.2 Å². The van der Waals surface area contributed by atoms with E-state index in [1.165, 1.54) is 6.07 Å². The minimum absolute atomic E-state index is 0.0753. The quantitative estimate of drug-likeness (QED) is 0.346. The van der Waals surface area contributed by atoms with E-state index in [0.29, 0.717) is 46.0 Å². The number of anilines is 3. The zero-order valence-electron chi connectivity index (χ0n) is 21.6. The molecule has 2 atom stereocenters. The fourth-order valence-corrected chi connectivity index (χ4v) is 5.89. The summed E-state index contributed by atoms with van der Waals surface area (Å²) in [6.07, 6.45) is 6.20. The van der Waals surface area contributed by atoms with Gasteiger partial charge < -0.3 is 10.2 Å². The fraction of sp³-hybridized carbons (Fsp3) is 0.360. The third-order valence-electron chi connectivity index (χ3n) is 6.65. The Morgan fingerprint density at radius 3 is 2.58 bits per heavy atom. The zero-order chi connectivity index (χ0) is 27.4. The minimum atomic E-state index is -3.34. The zero-order valence-corrected chi connectivity index (χ0v) is 23.1. The first kappa shape index (κ1) is 26.3. The van der Waals surface area contributed by atoms with Crippen molar-refractivity contribution in [2.24, 2.45) is 7.05 Å². The molecule has 0 radical (unpaired) electrons. The number of pyridine rings is 1. The summed E-state index contributed by atoms with van der Waals surface area (Å²) in [6.45, 7) is 6.23. The van der Waals surface area contributed by atoms with Crippen molar-refractivity contribution in [2.75, 3.05) is 23.0 Å². The van der Waals surface area contributed by atoms with Gasteiger partial charge in [-0.3, -0.25) is 4.68 Å².